The topological polar surface area (TPSA) is 59.9 Å². The molecule has 31 heavy (non-hydrogen) atoms. The van der Waals surface area contributed by atoms with E-state index in [0.717, 1.165) is 21.9 Å². The second kappa shape index (κ2) is 10.1. The minimum atomic E-state index is -0.341. The molecule has 0 saturated carbocycles. The quantitative estimate of drug-likeness (QED) is 0.330. The summed E-state index contributed by atoms with van der Waals surface area (Å²) < 4.78 is 11.5. The third kappa shape index (κ3) is 5.70. The van der Waals surface area contributed by atoms with Crippen molar-refractivity contribution in [3.05, 3.63) is 108 Å². The van der Waals surface area contributed by atoms with Gasteiger partial charge in [0.05, 0.1) is 6.21 Å². The molecule has 0 spiro atoms. The Kier molecular flexibility index (Phi) is 6.55. The summed E-state index contributed by atoms with van der Waals surface area (Å²) in [5, 5.41) is 6.22. The number of rotatable bonds is 8. The minimum absolute atomic E-state index is 0.123. The zero-order valence-corrected chi connectivity index (χ0v) is 16.9. The molecule has 0 unspecified atom stereocenters. The molecule has 0 atom stereocenters. The summed E-state index contributed by atoms with van der Waals surface area (Å²) in [6.07, 6.45) is 1.56. The molecule has 0 bridgehead atoms. The van der Waals surface area contributed by atoms with Gasteiger partial charge in [0.2, 0.25) is 0 Å². The van der Waals surface area contributed by atoms with Crippen molar-refractivity contribution < 1.29 is 14.3 Å². The molecule has 5 heteroatoms. The number of para-hydroxylation sites is 1. The second-order valence-electron chi connectivity index (χ2n) is 6.90. The average molecular weight is 410 g/mol. The van der Waals surface area contributed by atoms with Gasteiger partial charge in [-0.05, 0) is 40.6 Å². The van der Waals surface area contributed by atoms with E-state index in [1.54, 1.807) is 6.21 Å². The van der Waals surface area contributed by atoms with Crippen LogP contribution in [0.1, 0.15) is 11.1 Å². The summed E-state index contributed by atoms with van der Waals surface area (Å²) in [6.45, 7) is 0.333. The van der Waals surface area contributed by atoms with Crippen LogP contribution in [0.4, 0.5) is 0 Å². The van der Waals surface area contributed by atoms with Crippen molar-refractivity contribution in [3.8, 4) is 11.5 Å². The van der Waals surface area contributed by atoms with Crippen LogP contribution in [-0.4, -0.2) is 18.7 Å². The summed E-state index contributed by atoms with van der Waals surface area (Å²) in [4.78, 5) is 12.1. The number of benzene rings is 4. The molecule has 4 aromatic rings. The highest BCUT2D eigenvalue weighted by Crippen LogP contribution is 2.20. The Hall–Kier alpha value is -4.12. The number of ether oxygens (including phenoxy) is 2. The molecule has 1 N–H and O–H groups in total. The first-order chi connectivity index (χ1) is 15.3. The number of nitrogens with one attached hydrogen (secondary N) is 1. The number of carbonyl (C=O) groups is 1. The van der Waals surface area contributed by atoms with E-state index < -0.39 is 0 Å². The number of carbonyl (C=O) groups excluding carboxylic acids is 1. The van der Waals surface area contributed by atoms with Crippen LogP contribution in [0.3, 0.4) is 0 Å². The second-order valence-corrected chi connectivity index (χ2v) is 6.90. The van der Waals surface area contributed by atoms with Crippen molar-refractivity contribution >= 4 is 22.9 Å². The Labute approximate surface area is 180 Å². The standard InChI is InChI=1S/C26H22N2O3/c29-26(19-30-24-15-14-21-10-4-5-11-22(21)16-24)28-27-17-23-12-6-7-13-25(23)31-18-20-8-2-1-3-9-20/h1-17H,18-19H2,(H,28,29). The van der Waals surface area contributed by atoms with Gasteiger partial charge < -0.3 is 9.47 Å². The van der Waals surface area contributed by atoms with Gasteiger partial charge >= 0.3 is 0 Å². The summed E-state index contributed by atoms with van der Waals surface area (Å²) >= 11 is 0. The molecular formula is C26H22N2O3. The van der Waals surface area contributed by atoms with Crippen LogP contribution in [0.5, 0.6) is 11.5 Å². The van der Waals surface area contributed by atoms with Crippen LogP contribution in [-0.2, 0) is 11.4 Å². The van der Waals surface area contributed by atoms with Crippen molar-refractivity contribution in [1.29, 1.82) is 0 Å². The zero-order chi connectivity index (χ0) is 21.3. The molecule has 4 rings (SSSR count). The predicted molar refractivity (Wildman–Crippen MR) is 122 cm³/mol. The molecule has 0 aliphatic rings. The van der Waals surface area contributed by atoms with E-state index in [9.17, 15) is 4.79 Å². The largest absolute Gasteiger partial charge is 0.488 e. The lowest BCUT2D eigenvalue weighted by atomic mass is 10.1. The average Bonchev–Trinajstić information content (AvgIpc) is 2.82. The van der Waals surface area contributed by atoms with Crippen LogP contribution < -0.4 is 14.9 Å². The summed E-state index contributed by atoms with van der Waals surface area (Å²) in [5.41, 5.74) is 4.34. The lowest BCUT2D eigenvalue weighted by molar-refractivity contribution is -0.123. The van der Waals surface area contributed by atoms with Crippen molar-refractivity contribution in [2.24, 2.45) is 5.10 Å². The van der Waals surface area contributed by atoms with Gasteiger partial charge in [0, 0.05) is 5.56 Å². The molecule has 0 radical (unpaired) electrons. The van der Waals surface area contributed by atoms with E-state index >= 15 is 0 Å². The third-order valence-corrected chi connectivity index (χ3v) is 4.64. The van der Waals surface area contributed by atoms with E-state index in [2.05, 4.69) is 10.5 Å². The van der Waals surface area contributed by atoms with E-state index in [4.69, 9.17) is 9.47 Å². The van der Waals surface area contributed by atoms with E-state index in [1.807, 2.05) is 97.1 Å². The van der Waals surface area contributed by atoms with Crippen LogP contribution in [0.15, 0.2) is 102 Å². The molecule has 0 aliphatic heterocycles. The summed E-state index contributed by atoms with van der Waals surface area (Å²) in [7, 11) is 0. The number of hydrazone groups is 1. The van der Waals surface area contributed by atoms with Gasteiger partial charge in [-0.2, -0.15) is 5.10 Å². The van der Waals surface area contributed by atoms with Crippen LogP contribution in [0.25, 0.3) is 10.8 Å². The van der Waals surface area contributed by atoms with Crippen molar-refractivity contribution in [3.63, 3.8) is 0 Å². The third-order valence-electron chi connectivity index (χ3n) is 4.64. The van der Waals surface area contributed by atoms with E-state index in [0.29, 0.717) is 18.1 Å². The fraction of sp³-hybridized carbons (Fsp3) is 0.0769. The fourth-order valence-corrected chi connectivity index (χ4v) is 3.07. The lowest BCUT2D eigenvalue weighted by Crippen LogP contribution is -2.24. The molecule has 5 nitrogen and oxygen atoms in total. The molecular weight excluding hydrogens is 388 g/mol. The maximum absolute atomic E-state index is 12.1. The fourth-order valence-electron chi connectivity index (χ4n) is 3.07. The Morgan fingerprint density at radius 1 is 0.806 bits per heavy atom. The molecule has 154 valence electrons. The van der Waals surface area contributed by atoms with Crippen LogP contribution >= 0.6 is 0 Å². The molecule has 0 fully saturated rings. The maximum atomic E-state index is 12.1. The normalized spacial score (nSPS) is 10.8. The van der Waals surface area contributed by atoms with Gasteiger partial charge in [-0.3, -0.25) is 4.79 Å². The number of fused-ring (bicyclic) bond motifs is 1. The van der Waals surface area contributed by atoms with Gasteiger partial charge in [-0.1, -0.05) is 72.8 Å². The van der Waals surface area contributed by atoms with Gasteiger partial charge in [0.1, 0.15) is 18.1 Å². The first-order valence-corrected chi connectivity index (χ1v) is 9.97. The highest BCUT2D eigenvalue weighted by Gasteiger charge is 2.04. The van der Waals surface area contributed by atoms with Crippen molar-refractivity contribution in [2.45, 2.75) is 6.61 Å². The predicted octanol–water partition coefficient (Wildman–Crippen LogP) is 4.95. The zero-order valence-electron chi connectivity index (χ0n) is 16.9. The minimum Gasteiger partial charge on any atom is -0.488 e. The SMILES string of the molecule is O=C(COc1ccc2ccccc2c1)NN=Cc1ccccc1OCc1ccccc1. The number of hydrogen-bond donors (Lipinski definition) is 1. The Morgan fingerprint density at radius 3 is 2.42 bits per heavy atom. The molecule has 0 aliphatic carbocycles. The first kappa shape index (κ1) is 20.2. The van der Waals surface area contributed by atoms with Gasteiger partial charge in [-0.15, -0.1) is 0 Å². The smallest absolute Gasteiger partial charge is 0.277 e. The van der Waals surface area contributed by atoms with Gasteiger partial charge in [0.15, 0.2) is 6.61 Å². The molecule has 0 heterocycles. The summed E-state index contributed by atoms with van der Waals surface area (Å²) in [6, 6.07) is 31.2. The molecule has 0 aromatic heterocycles. The van der Waals surface area contributed by atoms with Crippen molar-refractivity contribution in [2.75, 3.05) is 6.61 Å². The Bertz CT molecular complexity index is 1190. The Balaban J connectivity index is 1.30. The lowest BCUT2D eigenvalue weighted by Gasteiger charge is -2.09. The van der Waals surface area contributed by atoms with E-state index in [1.165, 1.54) is 0 Å². The first-order valence-electron chi connectivity index (χ1n) is 9.97. The van der Waals surface area contributed by atoms with Crippen molar-refractivity contribution in [1.82, 2.24) is 5.43 Å². The Morgan fingerprint density at radius 2 is 1.55 bits per heavy atom. The molecule has 1 amide bonds. The molecule has 4 aromatic carbocycles. The van der Waals surface area contributed by atoms with E-state index in [-0.39, 0.29) is 12.5 Å². The van der Waals surface area contributed by atoms with Gasteiger partial charge in [0.25, 0.3) is 5.91 Å². The summed E-state index contributed by atoms with van der Waals surface area (Å²) in [5.74, 6) is 0.987. The monoisotopic (exact) mass is 410 g/mol. The number of amides is 1. The highest BCUT2D eigenvalue weighted by atomic mass is 16.5. The number of hydrogen-bond acceptors (Lipinski definition) is 4. The van der Waals surface area contributed by atoms with Crippen LogP contribution in [0, 0.1) is 0 Å². The van der Waals surface area contributed by atoms with Gasteiger partial charge in [-0.25, -0.2) is 5.43 Å². The molecule has 0 saturated heterocycles. The highest BCUT2D eigenvalue weighted by molar-refractivity contribution is 5.86. The number of nitrogens with zero attached hydrogens (tertiary/aromatic N) is 1. The maximum Gasteiger partial charge on any atom is 0.277 e. The van der Waals surface area contributed by atoms with Crippen LogP contribution in [0.2, 0.25) is 0 Å².